The van der Waals surface area contributed by atoms with Gasteiger partial charge in [0.2, 0.25) is 0 Å². The molecule has 0 aromatic carbocycles. The fraction of sp³-hybridized carbons (Fsp3) is 1.00. The molecule has 1 saturated carbocycles. The van der Waals surface area contributed by atoms with E-state index >= 15 is 0 Å². The summed E-state index contributed by atoms with van der Waals surface area (Å²) in [6.07, 6.45) is -6.64. The van der Waals surface area contributed by atoms with E-state index in [1.54, 1.807) is 0 Å². The summed E-state index contributed by atoms with van der Waals surface area (Å²) in [5.41, 5.74) is 4.68. The molecule has 12 heavy (non-hydrogen) atoms. The van der Waals surface area contributed by atoms with Gasteiger partial charge in [0.05, 0.1) is 0 Å². The van der Waals surface area contributed by atoms with Crippen LogP contribution in [0.4, 0.5) is 17.6 Å². The van der Waals surface area contributed by atoms with Crippen LogP contribution in [0.3, 0.4) is 0 Å². The van der Waals surface area contributed by atoms with Gasteiger partial charge in [-0.25, -0.2) is 4.39 Å². The monoisotopic (exact) mass is 185 g/mol. The lowest BCUT2D eigenvalue weighted by Gasteiger charge is -2.17. The van der Waals surface area contributed by atoms with Crippen molar-refractivity contribution in [2.75, 3.05) is 6.54 Å². The minimum atomic E-state index is -4.72. The van der Waals surface area contributed by atoms with Crippen molar-refractivity contribution >= 4 is 0 Å². The Kier molecular flexibility index (Phi) is 2.33. The second-order valence-corrected chi connectivity index (χ2v) is 3.42. The molecule has 0 aromatic rings. The molecule has 0 bridgehead atoms. The highest BCUT2D eigenvalue weighted by Crippen LogP contribution is 2.50. The predicted octanol–water partition coefficient (Wildman–Crippen LogP) is 2.02. The number of hydrogen-bond donors (Lipinski definition) is 1. The van der Waals surface area contributed by atoms with Crippen molar-refractivity contribution in [3.63, 3.8) is 0 Å². The maximum absolute atomic E-state index is 12.5. The first kappa shape index (κ1) is 9.77. The fourth-order valence-electron chi connectivity index (χ4n) is 1.16. The molecule has 1 fully saturated rings. The lowest BCUT2D eigenvalue weighted by atomic mass is 9.99. The lowest BCUT2D eigenvalue weighted by Crippen LogP contribution is -2.30. The van der Waals surface area contributed by atoms with Crippen LogP contribution in [0.25, 0.3) is 0 Å². The Morgan fingerprint density at radius 1 is 1.33 bits per heavy atom. The van der Waals surface area contributed by atoms with Crippen LogP contribution in [0.5, 0.6) is 0 Å². The summed E-state index contributed by atoms with van der Waals surface area (Å²) in [7, 11) is 0. The number of alkyl halides is 4. The highest BCUT2D eigenvalue weighted by molar-refractivity contribution is 4.96. The zero-order valence-electron chi connectivity index (χ0n) is 6.49. The Labute approximate surface area is 67.9 Å². The molecule has 0 aliphatic heterocycles. The molecule has 1 rings (SSSR count). The van der Waals surface area contributed by atoms with Gasteiger partial charge in [0, 0.05) is 0 Å². The van der Waals surface area contributed by atoms with E-state index in [1.165, 1.54) is 0 Å². The highest BCUT2D eigenvalue weighted by atomic mass is 19.4. The molecular weight excluding hydrogens is 174 g/mol. The topological polar surface area (TPSA) is 26.0 Å². The molecule has 0 amide bonds. The molecule has 5 heteroatoms. The molecule has 0 radical (unpaired) electrons. The summed E-state index contributed by atoms with van der Waals surface area (Å²) in [6, 6.07) is 0. The summed E-state index contributed by atoms with van der Waals surface area (Å²) < 4.78 is 47.6. The standard InChI is InChI=1S/C7H11F4N/c8-5(7(9,10)11)3-6(4-12)1-2-6/h5H,1-4,12H2. The number of rotatable bonds is 3. The third kappa shape index (κ3) is 2.09. The second kappa shape index (κ2) is 2.87. The van der Waals surface area contributed by atoms with Crippen molar-refractivity contribution < 1.29 is 17.6 Å². The molecule has 1 aliphatic carbocycles. The largest absolute Gasteiger partial charge is 0.419 e. The highest BCUT2D eigenvalue weighted by Gasteiger charge is 2.50. The van der Waals surface area contributed by atoms with Crippen LogP contribution in [0.1, 0.15) is 19.3 Å². The van der Waals surface area contributed by atoms with Gasteiger partial charge >= 0.3 is 6.18 Å². The predicted molar refractivity (Wildman–Crippen MR) is 36.3 cm³/mol. The molecule has 2 N–H and O–H groups in total. The van der Waals surface area contributed by atoms with Crippen LogP contribution in [-0.2, 0) is 0 Å². The van der Waals surface area contributed by atoms with Crippen LogP contribution < -0.4 is 5.73 Å². The van der Waals surface area contributed by atoms with Crippen LogP contribution in [0.2, 0.25) is 0 Å². The van der Waals surface area contributed by atoms with Crippen molar-refractivity contribution in [1.82, 2.24) is 0 Å². The maximum atomic E-state index is 12.5. The first-order valence-electron chi connectivity index (χ1n) is 3.80. The minimum Gasteiger partial charge on any atom is -0.330 e. The lowest BCUT2D eigenvalue weighted by molar-refractivity contribution is -0.185. The normalized spacial score (nSPS) is 23.8. The van der Waals surface area contributed by atoms with Crippen LogP contribution in [-0.4, -0.2) is 18.9 Å². The fourth-order valence-corrected chi connectivity index (χ4v) is 1.16. The third-order valence-electron chi connectivity index (χ3n) is 2.36. The number of halogens is 4. The van der Waals surface area contributed by atoms with Crippen LogP contribution in [0.15, 0.2) is 0 Å². The van der Waals surface area contributed by atoms with E-state index < -0.39 is 24.2 Å². The van der Waals surface area contributed by atoms with Crippen molar-refractivity contribution in [3.8, 4) is 0 Å². The van der Waals surface area contributed by atoms with Crippen molar-refractivity contribution in [3.05, 3.63) is 0 Å². The molecular formula is C7H11F4N. The SMILES string of the molecule is NCC1(CC(F)C(F)(F)F)CC1. The van der Waals surface area contributed by atoms with Gasteiger partial charge < -0.3 is 5.73 Å². The zero-order valence-corrected chi connectivity index (χ0v) is 6.49. The molecule has 1 nitrogen and oxygen atoms in total. The second-order valence-electron chi connectivity index (χ2n) is 3.42. The van der Waals surface area contributed by atoms with Gasteiger partial charge in [-0.05, 0) is 31.2 Å². The Bertz CT molecular complexity index is 161. The number of hydrogen-bond acceptors (Lipinski definition) is 1. The van der Waals surface area contributed by atoms with Gasteiger partial charge in [0.15, 0.2) is 6.17 Å². The van der Waals surface area contributed by atoms with E-state index in [9.17, 15) is 17.6 Å². The third-order valence-corrected chi connectivity index (χ3v) is 2.36. The van der Waals surface area contributed by atoms with E-state index in [1.807, 2.05) is 0 Å². The van der Waals surface area contributed by atoms with Gasteiger partial charge in [-0.3, -0.25) is 0 Å². The quantitative estimate of drug-likeness (QED) is 0.669. The summed E-state index contributed by atoms with van der Waals surface area (Å²) >= 11 is 0. The molecule has 1 aliphatic rings. The van der Waals surface area contributed by atoms with E-state index in [2.05, 4.69) is 0 Å². The minimum absolute atomic E-state index is 0.156. The molecule has 1 atom stereocenters. The summed E-state index contributed by atoms with van der Waals surface area (Å²) in [4.78, 5) is 0. The van der Waals surface area contributed by atoms with Gasteiger partial charge in [0.1, 0.15) is 0 Å². The molecule has 72 valence electrons. The van der Waals surface area contributed by atoms with Crippen molar-refractivity contribution in [2.45, 2.75) is 31.6 Å². The molecule has 1 unspecified atom stereocenters. The zero-order chi connectivity index (χ0) is 9.41. The Hall–Kier alpha value is -0.320. The van der Waals surface area contributed by atoms with Gasteiger partial charge in [0.25, 0.3) is 0 Å². The first-order valence-corrected chi connectivity index (χ1v) is 3.80. The van der Waals surface area contributed by atoms with E-state index in [-0.39, 0.29) is 6.54 Å². The van der Waals surface area contributed by atoms with Crippen LogP contribution in [0, 0.1) is 5.41 Å². The first-order chi connectivity index (χ1) is 5.40. The molecule has 0 spiro atoms. The van der Waals surface area contributed by atoms with Crippen LogP contribution >= 0.6 is 0 Å². The Balaban J connectivity index is 2.41. The van der Waals surface area contributed by atoms with E-state index in [0.717, 1.165) is 0 Å². The van der Waals surface area contributed by atoms with Gasteiger partial charge in [-0.15, -0.1) is 0 Å². The van der Waals surface area contributed by atoms with Gasteiger partial charge in [-0.1, -0.05) is 0 Å². The van der Waals surface area contributed by atoms with Crippen molar-refractivity contribution in [2.24, 2.45) is 11.1 Å². The maximum Gasteiger partial charge on any atom is 0.419 e. The Morgan fingerprint density at radius 2 is 1.83 bits per heavy atom. The van der Waals surface area contributed by atoms with E-state index in [0.29, 0.717) is 12.8 Å². The van der Waals surface area contributed by atoms with Crippen molar-refractivity contribution in [1.29, 1.82) is 0 Å². The average Bonchev–Trinajstić information content (AvgIpc) is 2.67. The summed E-state index contributed by atoms with van der Waals surface area (Å²) in [5.74, 6) is 0. The van der Waals surface area contributed by atoms with E-state index in [4.69, 9.17) is 5.73 Å². The summed E-state index contributed by atoms with van der Waals surface area (Å²) in [6.45, 7) is 0.156. The molecule has 0 saturated heterocycles. The van der Waals surface area contributed by atoms with Gasteiger partial charge in [-0.2, -0.15) is 13.2 Å². The number of nitrogens with two attached hydrogens (primary N) is 1. The smallest absolute Gasteiger partial charge is 0.330 e. The summed E-state index contributed by atoms with van der Waals surface area (Å²) in [5, 5.41) is 0. The molecule has 0 heterocycles. The molecule has 0 aromatic heterocycles. The Morgan fingerprint density at radius 3 is 2.08 bits per heavy atom. The average molecular weight is 185 g/mol.